The Kier molecular flexibility index (Phi) is 6.66. The van der Waals surface area contributed by atoms with E-state index in [4.69, 9.17) is 4.74 Å². The zero-order valence-electron chi connectivity index (χ0n) is 9.96. The van der Waals surface area contributed by atoms with E-state index in [0.717, 1.165) is 32.3 Å². The third-order valence-electron chi connectivity index (χ3n) is 3.09. The lowest BCUT2D eigenvalue weighted by Crippen LogP contribution is -2.21. The fraction of sp³-hybridized carbons (Fsp3) is 0.923. The molecule has 0 aromatic heterocycles. The van der Waals surface area contributed by atoms with Crippen molar-refractivity contribution < 1.29 is 9.53 Å². The van der Waals surface area contributed by atoms with Crippen LogP contribution in [0.3, 0.4) is 0 Å². The topological polar surface area (TPSA) is 26.3 Å². The average Bonchev–Trinajstić information content (AvgIpc) is 2.26. The highest BCUT2D eigenvalue weighted by Gasteiger charge is 2.18. The molecule has 0 aromatic carbocycles. The second-order valence-corrected chi connectivity index (χ2v) is 4.52. The summed E-state index contributed by atoms with van der Waals surface area (Å²) in [7, 11) is 0. The number of carbonyl (C=O) groups is 1. The van der Waals surface area contributed by atoms with Crippen molar-refractivity contribution in [1.82, 2.24) is 0 Å². The van der Waals surface area contributed by atoms with Gasteiger partial charge in [-0.2, -0.15) is 0 Å². The van der Waals surface area contributed by atoms with Crippen molar-refractivity contribution in [3.05, 3.63) is 0 Å². The van der Waals surface area contributed by atoms with Crippen LogP contribution in [0.5, 0.6) is 0 Å². The molecule has 0 aliphatic heterocycles. The molecule has 0 amide bonds. The van der Waals surface area contributed by atoms with E-state index in [1.165, 1.54) is 32.1 Å². The van der Waals surface area contributed by atoms with Gasteiger partial charge in [0.1, 0.15) is 5.78 Å². The molecule has 1 fully saturated rings. The molecule has 0 N–H and O–H groups in total. The molecule has 1 saturated carbocycles. The van der Waals surface area contributed by atoms with Gasteiger partial charge in [0.25, 0.3) is 0 Å². The van der Waals surface area contributed by atoms with Crippen molar-refractivity contribution in [2.75, 3.05) is 6.61 Å². The molecule has 0 radical (unpaired) electrons. The van der Waals surface area contributed by atoms with E-state index in [-0.39, 0.29) is 0 Å². The van der Waals surface area contributed by atoms with E-state index < -0.39 is 0 Å². The smallest absolute Gasteiger partial charge is 0.133 e. The number of rotatable bonds is 7. The van der Waals surface area contributed by atoms with Crippen molar-refractivity contribution in [1.29, 1.82) is 0 Å². The summed E-state index contributed by atoms with van der Waals surface area (Å²) in [5, 5.41) is 0. The molecule has 1 aliphatic carbocycles. The van der Waals surface area contributed by atoms with Gasteiger partial charge in [0, 0.05) is 19.4 Å². The molecule has 0 aromatic rings. The van der Waals surface area contributed by atoms with Gasteiger partial charge in [-0.3, -0.25) is 4.79 Å². The van der Waals surface area contributed by atoms with Crippen LogP contribution in [0.25, 0.3) is 0 Å². The maximum Gasteiger partial charge on any atom is 0.133 e. The highest BCUT2D eigenvalue weighted by atomic mass is 16.5. The Balaban J connectivity index is 1.89. The molecule has 1 aliphatic rings. The van der Waals surface area contributed by atoms with Crippen LogP contribution in [0.4, 0.5) is 0 Å². The normalized spacial score (nSPS) is 18.3. The SMILES string of the molecule is CCCCCCCOC1CCC(=O)CC1. The average molecular weight is 212 g/mol. The molecule has 0 saturated heterocycles. The summed E-state index contributed by atoms with van der Waals surface area (Å²) < 4.78 is 5.76. The second kappa shape index (κ2) is 7.86. The lowest BCUT2D eigenvalue weighted by Gasteiger charge is -2.21. The minimum Gasteiger partial charge on any atom is -0.378 e. The number of Topliss-reactive ketones (excluding diaryl/α,β-unsaturated/α-hetero) is 1. The molecule has 2 nitrogen and oxygen atoms in total. The number of carbonyl (C=O) groups excluding carboxylic acids is 1. The summed E-state index contributed by atoms with van der Waals surface area (Å²) in [5.41, 5.74) is 0. The van der Waals surface area contributed by atoms with Gasteiger partial charge in [-0.05, 0) is 19.3 Å². The summed E-state index contributed by atoms with van der Waals surface area (Å²) in [6, 6.07) is 0. The van der Waals surface area contributed by atoms with Crippen molar-refractivity contribution in [3.63, 3.8) is 0 Å². The first kappa shape index (κ1) is 12.7. The minimum atomic E-state index is 0.369. The summed E-state index contributed by atoms with van der Waals surface area (Å²) in [4.78, 5) is 11.0. The van der Waals surface area contributed by atoms with Gasteiger partial charge < -0.3 is 4.74 Å². The molecule has 0 spiro atoms. The molecule has 0 atom stereocenters. The summed E-state index contributed by atoms with van der Waals surface area (Å²) in [6.45, 7) is 3.12. The first-order chi connectivity index (χ1) is 7.33. The van der Waals surface area contributed by atoms with Crippen LogP contribution < -0.4 is 0 Å². The van der Waals surface area contributed by atoms with E-state index in [9.17, 15) is 4.79 Å². The number of ether oxygens (including phenoxy) is 1. The van der Waals surface area contributed by atoms with Crippen molar-refractivity contribution in [2.45, 2.75) is 70.8 Å². The fourth-order valence-electron chi connectivity index (χ4n) is 2.04. The molecule has 88 valence electrons. The minimum absolute atomic E-state index is 0.369. The molecule has 15 heavy (non-hydrogen) atoms. The van der Waals surface area contributed by atoms with Crippen molar-refractivity contribution in [3.8, 4) is 0 Å². The molecule has 0 bridgehead atoms. The Morgan fingerprint density at radius 1 is 1.13 bits per heavy atom. The van der Waals surface area contributed by atoms with E-state index in [0.29, 0.717) is 11.9 Å². The van der Waals surface area contributed by atoms with Crippen LogP contribution in [-0.4, -0.2) is 18.5 Å². The number of unbranched alkanes of at least 4 members (excludes halogenated alkanes) is 4. The Morgan fingerprint density at radius 2 is 1.80 bits per heavy atom. The molecule has 0 heterocycles. The van der Waals surface area contributed by atoms with Crippen LogP contribution in [0.2, 0.25) is 0 Å². The summed E-state index contributed by atoms with van der Waals surface area (Å²) >= 11 is 0. The Hall–Kier alpha value is -0.370. The van der Waals surface area contributed by atoms with Gasteiger partial charge in [0.15, 0.2) is 0 Å². The standard InChI is InChI=1S/C13H24O2/c1-2-3-4-5-6-11-15-13-9-7-12(14)8-10-13/h13H,2-11H2,1H3. The van der Waals surface area contributed by atoms with Crippen molar-refractivity contribution >= 4 is 5.78 Å². The number of ketones is 1. The van der Waals surface area contributed by atoms with Gasteiger partial charge >= 0.3 is 0 Å². The maximum absolute atomic E-state index is 11.0. The van der Waals surface area contributed by atoms with Crippen molar-refractivity contribution in [2.24, 2.45) is 0 Å². The van der Waals surface area contributed by atoms with Crippen LogP contribution in [0.15, 0.2) is 0 Å². The monoisotopic (exact) mass is 212 g/mol. The quantitative estimate of drug-likeness (QED) is 0.604. The van der Waals surface area contributed by atoms with Gasteiger partial charge in [0.05, 0.1) is 6.10 Å². The lowest BCUT2D eigenvalue weighted by molar-refractivity contribution is -0.123. The highest BCUT2D eigenvalue weighted by molar-refractivity contribution is 5.79. The largest absolute Gasteiger partial charge is 0.378 e. The third-order valence-corrected chi connectivity index (χ3v) is 3.09. The Labute approximate surface area is 93.4 Å². The second-order valence-electron chi connectivity index (χ2n) is 4.52. The van der Waals surface area contributed by atoms with E-state index in [1.807, 2.05) is 0 Å². The Bertz CT molecular complexity index is 167. The predicted molar refractivity (Wildman–Crippen MR) is 62.0 cm³/mol. The predicted octanol–water partition coefficient (Wildman–Crippen LogP) is 3.49. The van der Waals surface area contributed by atoms with Crippen LogP contribution in [0.1, 0.15) is 64.7 Å². The molecule has 0 unspecified atom stereocenters. The summed E-state index contributed by atoms with van der Waals surface area (Å²) in [6.07, 6.45) is 10.2. The van der Waals surface area contributed by atoms with Gasteiger partial charge in [-0.15, -0.1) is 0 Å². The third kappa shape index (κ3) is 5.93. The molecule has 2 heteroatoms. The molecule has 1 rings (SSSR count). The Morgan fingerprint density at radius 3 is 2.47 bits per heavy atom. The van der Waals surface area contributed by atoms with E-state index in [2.05, 4.69) is 6.92 Å². The first-order valence-electron chi connectivity index (χ1n) is 6.46. The molecular weight excluding hydrogens is 188 g/mol. The first-order valence-corrected chi connectivity index (χ1v) is 6.46. The zero-order valence-corrected chi connectivity index (χ0v) is 9.96. The van der Waals surface area contributed by atoms with Crippen LogP contribution in [0, 0.1) is 0 Å². The zero-order chi connectivity index (χ0) is 10.9. The van der Waals surface area contributed by atoms with Gasteiger partial charge in [-0.1, -0.05) is 32.6 Å². The van der Waals surface area contributed by atoms with E-state index >= 15 is 0 Å². The number of hydrogen-bond acceptors (Lipinski definition) is 2. The van der Waals surface area contributed by atoms with Crippen LogP contribution in [-0.2, 0) is 9.53 Å². The van der Waals surface area contributed by atoms with Crippen LogP contribution >= 0.6 is 0 Å². The summed E-state index contributed by atoms with van der Waals surface area (Å²) in [5.74, 6) is 0.415. The lowest BCUT2D eigenvalue weighted by atomic mass is 9.96. The van der Waals surface area contributed by atoms with Gasteiger partial charge in [-0.25, -0.2) is 0 Å². The number of hydrogen-bond donors (Lipinski definition) is 0. The molecular formula is C13H24O2. The maximum atomic E-state index is 11.0. The fourth-order valence-corrected chi connectivity index (χ4v) is 2.04. The highest BCUT2D eigenvalue weighted by Crippen LogP contribution is 2.18. The van der Waals surface area contributed by atoms with E-state index in [1.54, 1.807) is 0 Å². The van der Waals surface area contributed by atoms with Gasteiger partial charge in [0.2, 0.25) is 0 Å².